The van der Waals surface area contributed by atoms with E-state index in [-0.39, 0.29) is 0 Å². The van der Waals surface area contributed by atoms with Crippen LogP contribution in [0.2, 0.25) is 0 Å². The maximum absolute atomic E-state index is 12.2. The van der Waals surface area contributed by atoms with Gasteiger partial charge in [0, 0.05) is 44.3 Å². The third kappa shape index (κ3) is 2.37. The summed E-state index contributed by atoms with van der Waals surface area (Å²) in [6.45, 7) is 2.69. The second-order valence-electron chi connectivity index (χ2n) is 5.03. The van der Waals surface area contributed by atoms with Gasteiger partial charge in [-0.05, 0) is 6.07 Å². The maximum atomic E-state index is 12.2. The van der Waals surface area contributed by atoms with Crippen molar-refractivity contribution in [2.75, 3.05) is 19.6 Å². The van der Waals surface area contributed by atoms with Crippen molar-refractivity contribution >= 4 is 0 Å². The van der Waals surface area contributed by atoms with Crippen LogP contribution in [0.15, 0.2) is 12.3 Å². The van der Waals surface area contributed by atoms with Gasteiger partial charge >= 0.3 is 6.18 Å². The van der Waals surface area contributed by atoms with Crippen molar-refractivity contribution in [2.45, 2.75) is 25.3 Å². The lowest BCUT2D eigenvalue weighted by molar-refractivity contribution is -0.142. The molecule has 0 aliphatic carbocycles. The number of hydrogen-bond donors (Lipinski definition) is 1. The Labute approximate surface area is 103 Å². The van der Waals surface area contributed by atoms with Gasteiger partial charge in [0.25, 0.3) is 0 Å². The first-order chi connectivity index (χ1) is 8.51. The summed E-state index contributed by atoms with van der Waals surface area (Å²) in [7, 11) is 0. The molecule has 2 fully saturated rings. The fourth-order valence-electron chi connectivity index (χ4n) is 2.78. The molecule has 2 aliphatic rings. The Morgan fingerprint density at radius 1 is 1.39 bits per heavy atom. The van der Waals surface area contributed by atoms with Gasteiger partial charge < -0.3 is 5.32 Å². The molecule has 0 saturated carbocycles. The molecule has 0 amide bonds. The lowest BCUT2D eigenvalue weighted by Crippen LogP contribution is -2.54. The number of nitrogens with one attached hydrogen (secondary N) is 1. The van der Waals surface area contributed by atoms with E-state index in [1.54, 1.807) is 6.07 Å². The molecule has 3 rings (SSSR count). The van der Waals surface area contributed by atoms with Crippen LogP contribution in [0.25, 0.3) is 0 Å². The number of hydrogen-bond acceptors (Lipinski definition) is 3. The number of fused-ring (bicyclic) bond motifs is 1. The third-order valence-electron chi connectivity index (χ3n) is 3.64. The number of aromatic nitrogens is 2. The predicted molar refractivity (Wildman–Crippen MR) is 58.8 cm³/mol. The van der Waals surface area contributed by atoms with E-state index in [4.69, 9.17) is 0 Å². The van der Waals surface area contributed by atoms with E-state index in [2.05, 4.69) is 15.3 Å². The molecule has 0 spiro atoms. The average molecular weight is 260 g/mol. The largest absolute Gasteiger partial charge is 0.408 e. The monoisotopic (exact) mass is 260 g/mol. The summed E-state index contributed by atoms with van der Waals surface area (Å²) in [6, 6.07) is 2.21. The van der Waals surface area contributed by atoms with Crippen molar-refractivity contribution in [3.05, 3.63) is 18.0 Å². The molecule has 2 unspecified atom stereocenters. The SMILES string of the molecule is FC(F)(F)Cn1ccc(CN2CC3CNCC32)n1. The van der Waals surface area contributed by atoms with Gasteiger partial charge in [-0.3, -0.25) is 9.58 Å². The smallest absolute Gasteiger partial charge is 0.315 e. The molecule has 100 valence electrons. The van der Waals surface area contributed by atoms with E-state index in [0.717, 1.165) is 24.3 Å². The Morgan fingerprint density at radius 2 is 2.22 bits per heavy atom. The second kappa shape index (κ2) is 4.24. The van der Waals surface area contributed by atoms with E-state index >= 15 is 0 Å². The topological polar surface area (TPSA) is 33.1 Å². The van der Waals surface area contributed by atoms with Crippen LogP contribution in [-0.4, -0.2) is 46.5 Å². The first kappa shape index (κ1) is 12.0. The van der Waals surface area contributed by atoms with E-state index in [0.29, 0.717) is 24.2 Å². The fourth-order valence-corrected chi connectivity index (χ4v) is 2.78. The van der Waals surface area contributed by atoms with Crippen LogP contribution >= 0.6 is 0 Å². The predicted octanol–water partition coefficient (Wildman–Crippen LogP) is 0.849. The van der Waals surface area contributed by atoms with E-state index in [1.165, 1.54) is 6.20 Å². The minimum atomic E-state index is -4.21. The highest BCUT2D eigenvalue weighted by Crippen LogP contribution is 2.29. The van der Waals surface area contributed by atoms with Gasteiger partial charge in [-0.25, -0.2) is 0 Å². The highest BCUT2D eigenvalue weighted by molar-refractivity contribution is 5.05. The average Bonchev–Trinajstić information content (AvgIpc) is 2.79. The van der Waals surface area contributed by atoms with Crippen molar-refractivity contribution < 1.29 is 13.2 Å². The van der Waals surface area contributed by atoms with Crippen LogP contribution in [0.3, 0.4) is 0 Å². The van der Waals surface area contributed by atoms with Crippen molar-refractivity contribution in [3.8, 4) is 0 Å². The number of rotatable bonds is 3. The maximum Gasteiger partial charge on any atom is 0.408 e. The molecule has 1 N–H and O–H groups in total. The van der Waals surface area contributed by atoms with Crippen molar-refractivity contribution in [2.24, 2.45) is 5.92 Å². The zero-order chi connectivity index (χ0) is 12.8. The van der Waals surface area contributed by atoms with Gasteiger partial charge in [0.05, 0.1) is 5.69 Å². The molecular weight excluding hydrogens is 245 g/mol. The molecule has 2 aliphatic heterocycles. The zero-order valence-corrected chi connectivity index (χ0v) is 9.82. The molecule has 2 saturated heterocycles. The second-order valence-corrected chi connectivity index (χ2v) is 5.03. The first-order valence-corrected chi connectivity index (χ1v) is 6.05. The number of likely N-dealkylation sites (tertiary alicyclic amines) is 1. The lowest BCUT2D eigenvalue weighted by Gasteiger charge is -2.43. The lowest BCUT2D eigenvalue weighted by atomic mass is 9.92. The standard InChI is InChI=1S/C11H15F3N4/c12-11(13,14)7-18-2-1-9(16-18)6-17-5-8-3-15-4-10(8)17/h1-2,8,10,15H,3-7H2. The normalized spacial score (nSPS) is 28.2. The van der Waals surface area contributed by atoms with Crippen molar-refractivity contribution in [1.82, 2.24) is 20.0 Å². The summed E-state index contributed by atoms with van der Waals surface area (Å²) in [4.78, 5) is 2.27. The van der Waals surface area contributed by atoms with Gasteiger partial charge in [-0.1, -0.05) is 0 Å². The molecule has 1 aromatic heterocycles. The van der Waals surface area contributed by atoms with Crippen LogP contribution in [0.4, 0.5) is 13.2 Å². The molecule has 1 aromatic rings. The number of halogens is 3. The summed E-state index contributed by atoms with van der Waals surface area (Å²) in [5.74, 6) is 0.710. The van der Waals surface area contributed by atoms with Crippen LogP contribution in [-0.2, 0) is 13.1 Å². The molecular formula is C11H15F3N4. The first-order valence-electron chi connectivity index (χ1n) is 6.05. The molecule has 18 heavy (non-hydrogen) atoms. The summed E-state index contributed by atoms with van der Waals surface area (Å²) in [5, 5.41) is 7.29. The van der Waals surface area contributed by atoms with Gasteiger partial charge in [0.15, 0.2) is 0 Å². The Kier molecular flexibility index (Phi) is 2.82. The fraction of sp³-hybridized carbons (Fsp3) is 0.727. The summed E-state index contributed by atoms with van der Waals surface area (Å²) >= 11 is 0. The third-order valence-corrected chi connectivity index (χ3v) is 3.64. The van der Waals surface area contributed by atoms with Crippen LogP contribution in [0.1, 0.15) is 5.69 Å². The Hall–Kier alpha value is -1.08. The highest BCUT2D eigenvalue weighted by atomic mass is 19.4. The number of nitrogens with zero attached hydrogens (tertiary/aromatic N) is 3. The minimum absolute atomic E-state index is 0.540. The van der Waals surface area contributed by atoms with Crippen LogP contribution in [0.5, 0.6) is 0 Å². The molecule has 0 bridgehead atoms. The Morgan fingerprint density at radius 3 is 2.94 bits per heavy atom. The summed E-state index contributed by atoms with van der Waals surface area (Å²) in [5.41, 5.74) is 0.713. The minimum Gasteiger partial charge on any atom is -0.315 e. The van der Waals surface area contributed by atoms with Gasteiger partial charge in [-0.15, -0.1) is 0 Å². The quantitative estimate of drug-likeness (QED) is 0.874. The summed E-state index contributed by atoms with van der Waals surface area (Å²) < 4.78 is 37.5. The Bertz CT molecular complexity index is 428. The van der Waals surface area contributed by atoms with Crippen LogP contribution < -0.4 is 5.32 Å². The van der Waals surface area contributed by atoms with Crippen molar-refractivity contribution in [3.63, 3.8) is 0 Å². The van der Waals surface area contributed by atoms with E-state index in [9.17, 15) is 13.2 Å². The number of alkyl halides is 3. The van der Waals surface area contributed by atoms with Crippen molar-refractivity contribution in [1.29, 1.82) is 0 Å². The highest BCUT2D eigenvalue weighted by Gasteiger charge is 2.41. The molecule has 0 radical (unpaired) electrons. The molecule has 7 heteroatoms. The molecule has 4 nitrogen and oxygen atoms in total. The molecule has 0 aromatic carbocycles. The van der Waals surface area contributed by atoms with Gasteiger partial charge in [0.2, 0.25) is 0 Å². The van der Waals surface area contributed by atoms with Crippen LogP contribution in [0, 0.1) is 5.92 Å². The van der Waals surface area contributed by atoms with E-state index in [1.807, 2.05) is 0 Å². The van der Waals surface area contributed by atoms with E-state index < -0.39 is 12.7 Å². The molecule has 2 atom stereocenters. The zero-order valence-electron chi connectivity index (χ0n) is 9.82. The van der Waals surface area contributed by atoms with Gasteiger partial charge in [-0.2, -0.15) is 18.3 Å². The molecule has 3 heterocycles. The van der Waals surface area contributed by atoms with Gasteiger partial charge in [0.1, 0.15) is 6.54 Å². The summed E-state index contributed by atoms with van der Waals surface area (Å²) in [6.07, 6.45) is -2.81. The Balaban J connectivity index is 1.57.